The standard InChI is InChI=1S/C43H38N6O.C43H35N3O2.C42H34N4OS/c1-25-18-19-27(36-29(42(3,4)5)20-21-30-38(36)50-39-31(43(30,6)7)13-12-22-44-39)23-28(25)37-26(2)24-45-40(47-37)49-35-17-11-10-16-34(35)48-33-15-9-8-14-32(33)46-41(48)49;1-24-15-19-28(37-25(2)18-22-35-41(37)48-42-45-32-12-8-9-13-34(32)46(35)42)23-29(24)39-27(4)17-21-33(44-39)38-26(3)16-20-31-40(38)47-36-14-10-7-11-30(36)43(31,5)6;1-23-15-18-27(35-24(2)16-19-30-38(35)47-34-14-10-7-11-29(34)42(30,5)6)21-28(23)37-26(4)22-43-40(45-37)36-25(3)17-20-33-39(36)48-41-44-31-12-8-9-13-32(31)46(33)41/h8-24H,1-7H3;7-23H,1-6H3;7-22H,1-6H3/i1D3,2D3,6D3;2*1D3,4D3,5D3. The second-order valence-electron chi connectivity index (χ2n) is 39.1. The third-order valence-corrected chi connectivity index (χ3v) is 29.7. The van der Waals surface area contributed by atoms with Crippen molar-refractivity contribution < 1.29 is 55.6 Å². The van der Waals surface area contributed by atoms with Gasteiger partial charge in [0.05, 0.1) is 82.6 Å². The second-order valence-corrected chi connectivity index (χ2v) is 40.1. The van der Waals surface area contributed by atoms with Crippen LogP contribution in [0, 0.1) is 68.8 Å². The van der Waals surface area contributed by atoms with E-state index in [1.54, 1.807) is 153 Å². The van der Waals surface area contributed by atoms with E-state index in [0.29, 0.717) is 129 Å². The summed E-state index contributed by atoms with van der Waals surface area (Å²) in [5.41, 5.74) is 14.3. The Balaban J connectivity index is 0.000000129. The Bertz CT molecular complexity index is 10400. The van der Waals surface area contributed by atoms with E-state index in [-0.39, 0.29) is 96.3 Å². The van der Waals surface area contributed by atoms with E-state index in [1.807, 2.05) is 191 Å². The van der Waals surface area contributed by atoms with Crippen molar-refractivity contribution in [1.29, 1.82) is 0 Å². The smallest absolute Gasteiger partial charge is 0.307 e. The Morgan fingerprint density at radius 2 is 0.815 bits per heavy atom. The molecule has 3 unspecified atom stereocenters. The van der Waals surface area contributed by atoms with Crippen LogP contribution in [0.15, 0.2) is 308 Å². The number of aromatic nitrogens is 13. The summed E-state index contributed by atoms with van der Waals surface area (Å²) in [6.07, 6.45) is 4.04. The van der Waals surface area contributed by atoms with Gasteiger partial charge in [0.25, 0.3) is 0 Å². The first kappa shape index (κ1) is 65.4. The van der Waals surface area contributed by atoms with Gasteiger partial charge in [0.1, 0.15) is 28.7 Å². The molecule has 714 valence electrons. The maximum atomic E-state index is 8.79. The predicted molar refractivity (Wildman–Crippen MR) is 592 cm³/mol. The van der Waals surface area contributed by atoms with Crippen molar-refractivity contribution in [1.82, 2.24) is 62.6 Å². The Labute approximate surface area is 888 Å². The van der Waals surface area contributed by atoms with E-state index >= 15 is 0 Å². The average molecular weight is 1950 g/mol. The van der Waals surface area contributed by atoms with Gasteiger partial charge in [0, 0.05) is 150 Å². The lowest BCUT2D eigenvalue weighted by Gasteiger charge is -2.36. The monoisotopic (exact) mass is 1950 g/mol. The van der Waals surface area contributed by atoms with Gasteiger partial charge in [-0.3, -0.25) is 13.2 Å². The van der Waals surface area contributed by atoms with Gasteiger partial charge in [-0.25, -0.2) is 44.4 Å². The van der Waals surface area contributed by atoms with Crippen molar-refractivity contribution in [3.63, 3.8) is 0 Å². The summed E-state index contributed by atoms with van der Waals surface area (Å²) in [7, 11) is 0. The molecule has 24 aromatic rings. The topological polar surface area (TPSA) is 175 Å². The first-order chi connectivity index (χ1) is 81.4. The molecule has 3 aliphatic heterocycles. The number of thiazole rings is 1. The molecule has 17 nitrogen and oxygen atoms in total. The summed E-state index contributed by atoms with van der Waals surface area (Å²) in [6.45, 7) is -5.04. The highest BCUT2D eigenvalue weighted by Crippen LogP contribution is 2.58. The maximum absolute atomic E-state index is 8.79. The van der Waals surface area contributed by atoms with Crippen molar-refractivity contribution in [3.05, 3.63) is 398 Å². The molecule has 0 bridgehead atoms. The number of hydrogen-bond donors (Lipinski definition) is 0. The summed E-state index contributed by atoms with van der Waals surface area (Å²) in [6, 6.07) is 84.3. The number of ether oxygens (including phenoxy) is 3. The zero-order valence-corrected chi connectivity index (χ0v) is 81.5. The second kappa shape index (κ2) is 33.7. The Morgan fingerprint density at radius 3 is 1.45 bits per heavy atom. The molecule has 18 heteroatoms. The highest BCUT2D eigenvalue weighted by Gasteiger charge is 2.42. The Kier molecular flexibility index (Phi) is 15.1. The minimum Gasteiger partial charge on any atom is -0.456 e. The van der Waals surface area contributed by atoms with Gasteiger partial charge < -0.3 is 18.6 Å². The normalized spacial score (nSPS) is 19.1. The van der Waals surface area contributed by atoms with E-state index in [4.69, 9.17) is 80.6 Å². The van der Waals surface area contributed by atoms with Crippen LogP contribution in [-0.2, 0) is 21.7 Å². The molecule has 0 radical (unpaired) electrons. The average Bonchev–Trinajstić information content (AvgIpc) is 1.46. The fourth-order valence-corrected chi connectivity index (χ4v) is 22.6. The number of pyridine rings is 2. The summed E-state index contributed by atoms with van der Waals surface area (Å²) < 4.78 is 268. The third kappa shape index (κ3) is 14.2. The lowest BCUT2D eigenvalue weighted by Crippen LogP contribution is -2.26. The van der Waals surface area contributed by atoms with Gasteiger partial charge in [-0.05, 0) is 255 Å². The van der Waals surface area contributed by atoms with Gasteiger partial charge in [-0.15, -0.1) is 0 Å². The third-order valence-electron chi connectivity index (χ3n) is 28.7. The predicted octanol–water partition coefficient (Wildman–Crippen LogP) is 32.7. The molecule has 0 N–H and O–H groups in total. The molecule has 10 aromatic heterocycles. The number of para-hydroxylation sites is 10. The number of hydrogen-bond acceptors (Lipinski definition) is 14. The van der Waals surface area contributed by atoms with Gasteiger partial charge >= 0.3 is 5.84 Å². The van der Waals surface area contributed by atoms with Crippen LogP contribution in [0.5, 0.6) is 34.6 Å². The molecule has 27 rings (SSSR count). The molecule has 146 heavy (non-hydrogen) atoms. The SMILES string of the molecule is [2H]C([2H])([2H])c1ccc(-c2c(C(C)(C)C)ccc3c2Oc2ncccc2C3(C)C([2H])([2H])[2H])cc1-c1nc(-n2c3ccccc3n3c4ccccc4nc23)ncc1C([2H])([2H])[2H].[2H]C([2H])([2H])c1ccc(-c2c(C)ccc3c2Oc2ccccc2C3(C)C([2H])([2H])[2H])cc1-c1nc(-c2c(C)ccc3c2sc2nc4ccccc4n23)ncc1C([2H])([2H])[2H].[2H]C([2H])([2H])c1ccc(-c2c(C)ccc3c2oc2nc4ccccc4n23)cc1-c1nc(-c2c(C)ccc3c2Oc2ccccc2C3(C)C([2H])([2H])[2H])ccc1C([2H])([2H])[2H]. The van der Waals surface area contributed by atoms with Crippen LogP contribution in [-0.4, -0.2) is 62.6 Å². The number of imidazole rings is 4. The zero-order chi connectivity index (χ0) is 123. The van der Waals surface area contributed by atoms with Crippen LogP contribution >= 0.6 is 11.3 Å². The van der Waals surface area contributed by atoms with Gasteiger partial charge in [-0.2, -0.15) is 4.98 Å². The van der Waals surface area contributed by atoms with Crippen LogP contribution in [0.25, 0.3) is 178 Å². The number of fused-ring (bicyclic) bond motifs is 21. The molecule has 3 aliphatic rings. The molecule has 0 fully saturated rings. The highest BCUT2D eigenvalue weighted by atomic mass is 32.1. The molecule has 0 spiro atoms. The van der Waals surface area contributed by atoms with E-state index < -0.39 is 83.3 Å². The molecule has 0 aliphatic carbocycles. The Morgan fingerprint density at radius 1 is 0.342 bits per heavy atom. The van der Waals surface area contributed by atoms with Crippen molar-refractivity contribution in [2.75, 3.05) is 0 Å². The first-order valence-electron chi connectivity index (χ1n) is 61.3. The molecule has 3 atom stereocenters. The number of benzene rings is 14. The summed E-state index contributed by atoms with van der Waals surface area (Å²) in [5, 5.41) is 0. The first-order valence-corrected chi connectivity index (χ1v) is 48.6. The molecule has 0 saturated carbocycles. The van der Waals surface area contributed by atoms with Crippen LogP contribution in [0.3, 0.4) is 0 Å². The maximum Gasteiger partial charge on any atom is 0.307 e. The van der Waals surface area contributed by atoms with E-state index in [0.717, 1.165) is 81.6 Å². The fraction of sp³-hybridized carbons (Fsp3) is 0.180. The van der Waals surface area contributed by atoms with E-state index in [9.17, 15) is 0 Å². The largest absolute Gasteiger partial charge is 0.456 e. The van der Waals surface area contributed by atoms with Crippen LogP contribution in [0.1, 0.15) is 194 Å². The van der Waals surface area contributed by atoms with Gasteiger partial charge in [0.15, 0.2) is 16.4 Å². The molecule has 13 heterocycles. The molecular formula is C128H107N13O4S. The number of aryl methyl sites for hydroxylation is 10. The Hall–Kier alpha value is -16.8. The lowest BCUT2D eigenvalue weighted by molar-refractivity contribution is 0.401. The molecular weight excluding hydrogens is 1820 g/mol. The van der Waals surface area contributed by atoms with Crippen LogP contribution in [0.4, 0.5) is 0 Å². The van der Waals surface area contributed by atoms with Gasteiger partial charge in [0.2, 0.25) is 17.6 Å². The van der Waals surface area contributed by atoms with Crippen molar-refractivity contribution in [3.8, 4) is 130 Å². The van der Waals surface area contributed by atoms with Crippen molar-refractivity contribution in [2.24, 2.45) is 0 Å². The lowest BCUT2D eigenvalue weighted by atomic mass is 9.72. The van der Waals surface area contributed by atoms with Crippen molar-refractivity contribution in [2.45, 2.75) is 153 Å². The van der Waals surface area contributed by atoms with E-state index in [1.165, 1.54) is 54.2 Å². The van der Waals surface area contributed by atoms with E-state index in [2.05, 4.69) is 24.3 Å². The number of rotatable bonds is 9. The van der Waals surface area contributed by atoms with Crippen LogP contribution in [0.2, 0.25) is 0 Å². The van der Waals surface area contributed by atoms with Crippen LogP contribution < -0.4 is 14.2 Å². The minimum absolute atomic E-state index is 0.0441. The minimum atomic E-state index is -2.76. The molecule has 0 saturated heterocycles. The molecule has 0 amide bonds. The number of oxazole rings is 1. The summed E-state index contributed by atoms with van der Waals surface area (Å²) >= 11 is 1.47. The molecule has 14 aromatic carbocycles. The summed E-state index contributed by atoms with van der Waals surface area (Å²) in [4.78, 5) is 43.8. The highest BCUT2D eigenvalue weighted by molar-refractivity contribution is 7.24. The van der Waals surface area contributed by atoms with Gasteiger partial charge in [-0.1, -0.05) is 255 Å². The number of nitrogens with zero attached hydrogens (tertiary/aromatic N) is 13. The fourth-order valence-electron chi connectivity index (χ4n) is 21.3. The zero-order valence-electron chi connectivity index (χ0n) is 108. The summed E-state index contributed by atoms with van der Waals surface area (Å²) in [5.74, 6) is 3.02. The quantitative estimate of drug-likeness (QED) is 0.134. The van der Waals surface area contributed by atoms with Crippen molar-refractivity contribution >= 4 is 93.4 Å².